The van der Waals surface area contributed by atoms with Gasteiger partial charge in [0.2, 0.25) is 5.91 Å². The molecule has 0 spiro atoms. The Bertz CT molecular complexity index is 1270. The van der Waals surface area contributed by atoms with Crippen molar-refractivity contribution < 1.29 is 14.3 Å². The third-order valence-electron chi connectivity index (χ3n) is 6.33. The Balaban J connectivity index is 1.31. The van der Waals surface area contributed by atoms with Crippen LogP contribution in [0.2, 0.25) is 0 Å². The Hall–Kier alpha value is -3.80. The summed E-state index contributed by atoms with van der Waals surface area (Å²) in [5.41, 5.74) is 3.22. The summed E-state index contributed by atoms with van der Waals surface area (Å²) in [4.78, 5) is 19.7. The molecule has 4 aromatic rings. The highest BCUT2D eigenvalue weighted by atomic mass is 16.5. The zero-order chi connectivity index (χ0) is 23.3. The van der Waals surface area contributed by atoms with E-state index in [9.17, 15) is 4.79 Å². The number of carbonyl (C=O) groups excluding carboxylic acids is 1. The maximum atomic E-state index is 12.8. The van der Waals surface area contributed by atoms with Gasteiger partial charge < -0.3 is 18.9 Å². The molecule has 0 bridgehead atoms. The fourth-order valence-corrected chi connectivity index (χ4v) is 4.69. The lowest BCUT2D eigenvalue weighted by Gasteiger charge is -2.17. The van der Waals surface area contributed by atoms with Crippen LogP contribution in [-0.2, 0) is 17.9 Å². The van der Waals surface area contributed by atoms with Crippen LogP contribution in [0.3, 0.4) is 0 Å². The molecule has 5 rings (SSSR count). The fourth-order valence-electron chi connectivity index (χ4n) is 4.69. The summed E-state index contributed by atoms with van der Waals surface area (Å²) in [7, 11) is 1.65. The van der Waals surface area contributed by atoms with Crippen LogP contribution in [0.5, 0.6) is 11.5 Å². The summed E-state index contributed by atoms with van der Waals surface area (Å²) < 4.78 is 13.6. The summed E-state index contributed by atoms with van der Waals surface area (Å²) in [5.74, 6) is 2.74. The molecule has 1 aromatic heterocycles. The number of fused-ring (bicyclic) bond motifs is 1. The highest BCUT2D eigenvalue weighted by Gasteiger charge is 2.33. The second-order valence-corrected chi connectivity index (χ2v) is 8.62. The summed E-state index contributed by atoms with van der Waals surface area (Å²) in [5, 5.41) is 0. The minimum atomic E-state index is 0.0822. The van der Waals surface area contributed by atoms with Gasteiger partial charge in [-0.15, -0.1) is 0 Å². The maximum absolute atomic E-state index is 12.8. The first kappa shape index (κ1) is 22.0. The number of aromatic nitrogens is 2. The third kappa shape index (κ3) is 4.62. The summed E-state index contributed by atoms with van der Waals surface area (Å²) in [6, 6.07) is 26.0. The number of nitrogens with zero attached hydrogens (tertiary/aromatic N) is 3. The molecule has 0 saturated carbocycles. The zero-order valence-corrected chi connectivity index (χ0v) is 19.4. The van der Waals surface area contributed by atoms with Gasteiger partial charge in [0.1, 0.15) is 5.82 Å². The van der Waals surface area contributed by atoms with Gasteiger partial charge in [-0.3, -0.25) is 4.79 Å². The van der Waals surface area contributed by atoms with Crippen molar-refractivity contribution in [1.82, 2.24) is 14.5 Å². The van der Waals surface area contributed by atoms with E-state index in [1.807, 2.05) is 65.6 Å². The van der Waals surface area contributed by atoms with Gasteiger partial charge in [-0.25, -0.2) is 4.98 Å². The van der Waals surface area contributed by atoms with Gasteiger partial charge in [0.05, 0.1) is 24.8 Å². The van der Waals surface area contributed by atoms with Crippen molar-refractivity contribution in [3.05, 3.63) is 90.3 Å². The molecule has 1 aliphatic rings. The second kappa shape index (κ2) is 10.00. The van der Waals surface area contributed by atoms with E-state index >= 15 is 0 Å². The molecule has 3 aromatic carbocycles. The number of aryl methyl sites for hydroxylation is 1. The molecule has 1 fully saturated rings. The van der Waals surface area contributed by atoms with Gasteiger partial charge >= 0.3 is 0 Å². The largest absolute Gasteiger partial charge is 0.493 e. The molecule has 1 aliphatic heterocycles. The number of likely N-dealkylation sites (tertiary alicyclic amines) is 1. The number of para-hydroxylation sites is 4. The molecule has 2 heterocycles. The number of ether oxygens (including phenoxy) is 2. The van der Waals surface area contributed by atoms with Gasteiger partial charge in [0, 0.05) is 32.0 Å². The minimum Gasteiger partial charge on any atom is -0.493 e. The fraction of sp³-hybridized carbons (Fsp3) is 0.286. The van der Waals surface area contributed by atoms with Crippen molar-refractivity contribution in [2.75, 3.05) is 20.3 Å². The number of methoxy groups -OCH3 is 1. The van der Waals surface area contributed by atoms with E-state index in [0.29, 0.717) is 26.1 Å². The molecule has 6 nitrogen and oxygen atoms in total. The molecule has 174 valence electrons. The van der Waals surface area contributed by atoms with Gasteiger partial charge in [-0.2, -0.15) is 0 Å². The lowest BCUT2D eigenvalue weighted by Crippen LogP contribution is -2.24. The number of hydrogen-bond donors (Lipinski definition) is 0. The molecular formula is C28H29N3O3. The van der Waals surface area contributed by atoms with Gasteiger partial charge in [-0.05, 0) is 36.2 Å². The first-order valence-corrected chi connectivity index (χ1v) is 11.8. The van der Waals surface area contributed by atoms with Crippen molar-refractivity contribution >= 4 is 16.9 Å². The van der Waals surface area contributed by atoms with Crippen LogP contribution in [0.1, 0.15) is 30.1 Å². The van der Waals surface area contributed by atoms with Crippen LogP contribution in [0.25, 0.3) is 11.0 Å². The first-order chi connectivity index (χ1) is 16.7. The molecule has 34 heavy (non-hydrogen) atoms. The van der Waals surface area contributed by atoms with Crippen molar-refractivity contribution in [2.24, 2.45) is 0 Å². The molecule has 1 saturated heterocycles. The molecule has 0 N–H and O–H groups in total. The number of rotatable bonds is 9. The average Bonchev–Trinajstić information content (AvgIpc) is 3.43. The Labute approximate surface area is 199 Å². The monoisotopic (exact) mass is 455 g/mol. The lowest BCUT2D eigenvalue weighted by molar-refractivity contribution is -0.128. The normalized spacial score (nSPS) is 15.7. The predicted octanol–water partition coefficient (Wildman–Crippen LogP) is 5.03. The van der Waals surface area contributed by atoms with Crippen LogP contribution in [0.4, 0.5) is 0 Å². The topological polar surface area (TPSA) is 56.6 Å². The molecular weight excluding hydrogens is 426 g/mol. The van der Waals surface area contributed by atoms with E-state index in [2.05, 4.69) is 22.8 Å². The van der Waals surface area contributed by atoms with Crippen LogP contribution < -0.4 is 9.47 Å². The minimum absolute atomic E-state index is 0.0822. The van der Waals surface area contributed by atoms with Crippen LogP contribution in [0.15, 0.2) is 78.9 Å². The molecule has 6 heteroatoms. The quantitative estimate of drug-likeness (QED) is 0.332. The molecule has 1 atom stereocenters. The smallest absolute Gasteiger partial charge is 0.223 e. The third-order valence-corrected chi connectivity index (χ3v) is 6.33. The van der Waals surface area contributed by atoms with Crippen LogP contribution >= 0.6 is 0 Å². The van der Waals surface area contributed by atoms with Crippen molar-refractivity contribution in [2.45, 2.75) is 31.8 Å². The van der Waals surface area contributed by atoms with Crippen LogP contribution in [0, 0.1) is 0 Å². The SMILES string of the molecule is COc1ccccc1OCCCn1c([C@@H]2CC(=O)N(Cc3ccccc3)C2)nc2ccccc21. The summed E-state index contributed by atoms with van der Waals surface area (Å²) in [6.07, 6.45) is 1.31. The van der Waals surface area contributed by atoms with Crippen molar-refractivity contribution in [3.8, 4) is 11.5 Å². The number of imidazole rings is 1. The Kier molecular flexibility index (Phi) is 6.47. The van der Waals surface area contributed by atoms with Gasteiger partial charge in [-0.1, -0.05) is 54.6 Å². The van der Waals surface area contributed by atoms with E-state index < -0.39 is 0 Å². The summed E-state index contributed by atoms with van der Waals surface area (Å²) in [6.45, 7) is 2.67. The zero-order valence-electron chi connectivity index (χ0n) is 19.4. The van der Waals surface area contributed by atoms with Gasteiger partial charge in [0.15, 0.2) is 11.5 Å². The molecule has 0 aliphatic carbocycles. The second-order valence-electron chi connectivity index (χ2n) is 8.62. The summed E-state index contributed by atoms with van der Waals surface area (Å²) >= 11 is 0. The number of carbonyl (C=O) groups is 1. The Morgan fingerprint density at radius 2 is 1.68 bits per heavy atom. The van der Waals surface area contributed by atoms with Gasteiger partial charge in [0.25, 0.3) is 0 Å². The standard InChI is InChI=1S/C28H29N3O3/c1-33-25-14-7-8-15-26(25)34-17-9-16-31-24-13-6-5-12-23(24)29-28(31)22-18-27(32)30(20-22)19-21-10-3-2-4-11-21/h2-8,10-15,22H,9,16-20H2,1H3/t22-/m1/s1. The van der Waals surface area contributed by atoms with Crippen LogP contribution in [-0.4, -0.2) is 40.6 Å². The van der Waals surface area contributed by atoms with E-state index in [1.165, 1.54) is 0 Å². The number of hydrogen-bond acceptors (Lipinski definition) is 4. The maximum Gasteiger partial charge on any atom is 0.223 e. The average molecular weight is 456 g/mol. The molecule has 0 unspecified atom stereocenters. The number of amides is 1. The highest BCUT2D eigenvalue weighted by molar-refractivity contribution is 5.81. The molecule has 1 amide bonds. The van der Waals surface area contributed by atoms with Crippen molar-refractivity contribution in [3.63, 3.8) is 0 Å². The first-order valence-electron chi connectivity index (χ1n) is 11.8. The molecule has 0 radical (unpaired) electrons. The predicted molar refractivity (Wildman–Crippen MR) is 132 cm³/mol. The van der Waals surface area contributed by atoms with E-state index in [4.69, 9.17) is 14.5 Å². The van der Waals surface area contributed by atoms with E-state index in [1.54, 1.807) is 7.11 Å². The Morgan fingerprint density at radius 3 is 2.50 bits per heavy atom. The van der Waals surface area contributed by atoms with E-state index in [-0.39, 0.29) is 11.8 Å². The Morgan fingerprint density at radius 1 is 0.941 bits per heavy atom. The highest BCUT2D eigenvalue weighted by Crippen LogP contribution is 2.32. The lowest BCUT2D eigenvalue weighted by atomic mass is 10.1. The van der Waals surface area contributed by atoms with Crippen molar-refractivity contribution in [1.29, 1.82) is 0 Å². The van der Waals surface area contributed by atoms with E-state index in [0.717, 1.165) is 46.9 Å². The number of benzene rings is 3.